The lowest BCUT2D eigenvalue weighted by atomic mass is 10.0. The molecular formula is C20H25N5O3. The van der Waals surface area contributed by atoms with Crippen LogP contribution in [0.25, 0.3) is 11.0 Å². The molecule has 1 aliphatic carbocycles. The van der Waals surface area contributed by atoms with Crippen LogP contribution in [-0.4, -0.2) is 51.5 Å². The van der Waals surface area contributed by atoms with E-state index in [4.69, 9.17) is 0 Å². The van der Waals surface area contributed by atoms with Crippen LogP contribution in [0.3, 0.4) is 0 Å². The molecule has 3 aliphatic rings. The molecule has 0 radical (unpaired) electrons. The normalized spacial score (nSPS) is 24.1. The van der Waals surface area contributed by atoms with Crippen LogP contribution >= 0.6 is 0 Å². The van der Waals surface area contributed by atoms with Crippen molar-refractivity contribution >= 4 is 16.9 Å². The van der Waals surface area contributed by atoms with Crippen LogP contribution in [-0.2, 0) is 6.54 Å². The highest BCUT2D eigenvalue weighted by atomic mass is 16.2. The molecule has 2 saturated heterocycles. The third-order valence-corrected chi connectivity index (χ3v) is 6.32. The standard InChI is InChI=1S/C20H25N5O3/c1-2-5-25-17-16(18(26)23-20(25)28)14(6-15(22-17)11-3-4-11)19(27)24-9-12-7-21-8-13(12)10-24/h6,11-13,21H,2-5,7-10H2,1H3,(H,23,26,28)/t12-,13+. The quantitative estimate of drug-likeness (QED) is 0.808. The number of likely N-dealkylation sites (tertiary alicyclic amines) is 1. The van der Waals surface area contributed by atoms with Crippen molar-refractivity contribution in [3.8, 4) is 0 Å². The summed E-state index contributed by atoms with van der Waals surface area (Å²) in [7, 11) is 0. The number of aromatic nitrogens is 3. The molecule has 0 bridgehead atoms. The molecule has 5 rings (SSSR count). The highest BCUT2D eigenvalue weighted by Gasteiger charge is 2.39. The maximum absolute atomic E-state index is 13.4. The van der Waals surface area contributed by atoms with Gasteiger partial charge in [0.1, 0.15) is 0 Å². The number of amides is 1. The van der Waals surface area contributed by atoms with Crippen LogP contribution in [0.2, 0.25) is 0 Å². The Bertz CT molecular complexity index is 1060. The first-order valence-corrected chi connectivity index (χ1v) is 10.2. The minimum Gasteiger partial charge on any atom is -0.338 e. The van der Waals surface area contributed by atoms with Crippen molar-refractivity contribution < 1.29 is 4.79 Å². The van der Waals surface area contributed by atoms with E-state index in [1.807, 2.05) is 11.8 Å². The van der Waals surface area contributed by atoms with Crippen molar-refractivity contribution in [3.05, 3.63) is 38.2 Å². The van der Waals surface area contributed by atoms with Crippen LogP contribution in [0, 0.1) is 11.8 Å². The Morgan fingerprint density at radius 3 is 2.57 bits per heavy atom. The number of nitrogens with zero attached hydrogens (tertiary/aromatic N) is 3. The van der Waals surface area contributed by atoms with Gasteiger partial charge in [0.05, 0.1) is 10.9 Å². The van der Waals surface area contributed by atoms with Gasteiger partial charge in [0.25, 0.3) is 11.5 Å². The first kappa shape index (κ1) is 17.6. The Morgan fingerprint density at radius 2 is 1.93 bits per heavy atom. The molecule has 148 valence electrons. The number of H-pyrrole nitrogens is 1. The van der Waals surface area contributed by atoms with E-state index in [1.165, 1.54) is 4.57 Å². The molecule has 28 heavy (non-hydrogen) atoms. The van der Waals surface area contributed by atoms with Crippen LogP contribution in [0.4, 0.5) is 0 Å². The van der Waals surface area contributed by atoms with E-state index in [-0.39, 0.29) is 11.3 Å². The van der Waals surface area contributed by atoms with E-state index in [9.17, 15) is 14.4 Å². The number of aromatic amines is 1. The molecule has 3 fully saturated rings. The molecule has 2 aromatic rings. The van der Waals surface area contributed by atoms with Gasteiger partial charge < -0.3 is 10.2 Å². The van der Waals surface area contributed by atoms with Gasteiger partial charge in [0.15, 0.2) is 5.65 Å². The molecule has 2 N–H and O–H groups in total. The number of carbonyl (C=O) groups excluding carboxylic acids is 1. The lowest BCUT2D eigenvalue weighted by Crippen LogP contribution is -2.35. The van der Waals surface area contributed by atoms with Gasteiger partial charge in [-0.3, -0.25) is 19.1 Å². The summed E-state index contributed by atoms with van der Waals surface area (Å²) in [6, 6.07) is 1.80. The zero-order valence-corrected chi connectivity index (χ0v) is 16.0. The number of hydrogen-bond donors (Lipinski definition) is 2. The van der Waals surface area contributed by atoms with Gasteiger partial charge in [-0.2, -0.15) is 0 Å². The Labute approximate surface area is 162 Å². The number of fused-ring (bicyclic) bond motifs is 2. The lowest BCUT2D eigenvalue weighted by molar-refractivity contribution is 0.0783. The smallest absolute Gasteiger partial charge is 0.329 e. The second kappa shape index (κ2) is 6.55. The molecule has 2 aliphatic heterocycles. The molecule has 0 unspecified atom stereocenters. The van der Waals surface area contributed by atoms with Crippen molar-refractivity contribution in [2.24, 2.45) is 11.8 Å². The fourth-order valence-electron chi connectivity index (χ4n) is 4.67. The SMILES string of the molecule is CCCn1c(=O)[nH]c(=O)c2c(C(=O)N3C[C@H]4CNC[C@H]4C3)cc(C3CC3)nc21. The second-order valence-electron chi connectivity index (χ2n) is 8.37. The molecule has 8 nitrogen and oxygen atoms in total. The summed E-state index contributed by atoms with van der Waals surface area (Å²) < 4.78 is 1.50. The van der Waals surface area contributed by atoms with Crippen LogP contribution < -0.4 is 16.6 Å². The number of hydrogen-bond acceptors (Lipinski definition) is 5. The lowest BCUT2D eigenvalue weighted by Gasteiger charge is -2.19. The monoisotopic (exact) mass is 383 g/mol. The Morgan fingerprint density at radius 1 is 1.21 bits per heavy atom. The van der Waals surface area contributed by atoms with E-state index in [0.29, 0.717) is 48.6 Å². The van der Waals surface area contributed by atoms with Gasteiger partial charge in [0.2, 0.25) is 0 Å². The minimum atomic E-state index is -0.522. The maximum Gasteiger partial charge on any atom is 0.329 e. The highest BCUT2D eigenvalue weighted by molar-refractivity contribution is 6.05. The van der Waals surface area contributed by atoms with E-state index < -0.39 is 11.2 Å². The van der Waals surface area contributed by atoms with Gasteiger partial charge in [-0.15, -0.1) is 0 Å². The topological polar surface area (TPSA) is 100 Å². The van der Waals surface area contributed by atoms with E-state index in [1.54, 1.807) is 6.07 Å². The van der Waals surface area contributed by atoms with Crippen molar-refractivity contribution in [1.82, 2.24) is 24.8 Å². The van der Waals surface area contributed by atoms with Gasteiger partial charge in [0, 0.05) is 44.3 Å². The summed E-state index contributed by atoms with van der Waals surface area (Å²) in [5, 5.41) is 3.63. The summed E-state index contributed by atoms with van der Waals surface area (Å²) in [4.78, 5) is 47.4. The summed E-state index contributed by atoms with van der Waals surface area (Å²) in [5.41, 5.74) is 0.591. The molecule has 1 saturated carbocycles. The molecule has 1 amide bonds. The molecule has 0 spiro atoms. The van der Waals surface area contributed by atoms with E-state index in [2.05, 4.69) is 15.3 Å². The second-order valence-corrected chi connectivity index (χ2v) is 8.37. The Kier molecular flexibility index (Phi) is 4.12. The molecular weight excluding hydrogens is 358 g/mol. The third kappa shape index (κ3) is 2.78. The first-order chi connectivity index (χ1) is 13.6. The fraction of sp³-hybridized carbons (Fsp3) is 0.600. The van der Waals surface area contributed by atoms with Gasteiger partial charge in [-0.1, -0.05) is 6.92 Å². The van der Waals surface area contributed by atoms with Crippen LogP contribution in [0.15, 0.2) is 15.7 Å². The molecule has 0 aromatic carbocycles. The van der Waals surface area contributed by atoms with Crippen LogP contribution in [0.1, 0.15) is 48.2 Å². The average molecular weight is 383 g/mol. The third-order valence-electron chi connectivity index (χ3n) is 6.32. The van der Waals surface area contributed by atoms with Crippen molar-refractivity contribution in [2.75, 3.05) is 26.2 Å². The average Bonchev–Trinajstić information content (AvgIpc) is 3.30. The molecule has 4 heterocycles. The highest BCUT2D eigenvalue weighted by Crippen LogP contribution is 2.40. The zero-order chi connectivity index (χ0) is 19.4. The minimum absolute atomic E-state index is 0.115. The molecule has 8 heteroatoms. The molecule has 2 atom stereocenters. The predicted octanol–water partition coefficient (Wildman–Crippen LogP) is 0.664. The predicted molar refractivity (Wildman–Crippen MR) is 105 cm³/mol. The summed E-state index contributed by atoms with van der Waals surface area (Å²) in [6.07, 6.45) is 2.81. The number of carbonyl (C=O) groups is 1. The largest absolute Gasteiger partial charge is 0.338 e. The fourth-order valence-corrected chi connectivity index (χ4v) is 4.67. The number of nitrogens with one attached hydrogen (secondary N) is 2. The summed E-state index contributed by atoms with van der Waals surface area (Å²) in [6.45, 7) is 5.74. The number of rotatable bonds is 4. The zero-order valence-electron chi connectivity index (χ0n) is 16.0. The van der Waals surface area contributed by atoms with E-state index in [0.717, 1.165) is 38.0 Å². The van der Waals surface area contributed by atoms with Gasteiger partial charge in [-0.25, -0.2) is 9.78 Å². The van der Waals surface area contributed by atoms with Crippen molar-refractivity contribution in [2.45, 2.75) is 38.6 Å². The van der Waals surface area contributed by atoms with Gasteiger partial charge >= 0.3 is 5.69 Å². The number of pyridine rings is 1. The molecule has 2 aromatic heterocycles. The maximum atomic E-state index is 13.4. The summed E-state index contributed by atoms with van der Waals surface area (Å²) in [5.74, 6) is 1.17. The van der Waals surface area contributed by atoms with Crippen molar-refractivity contribution in [3.63, 3.8) is 0 Å². The van der Waals surface area contributed by atoms with E-state index >= 15 is 0 Å². The van der Waals surface area contributed by atoms with Gasteiger partial charge in [-0.05, 0) is 37.2 Å². The van der Waals surface area contributed by atoms with Crippen LogP contribution in [0.5, 0.6) is 0 Å². The number of aryl methyl sites for hydroxylation is 1. The Balaban J connectivity index is 1.67. The summed E-state index contributed by atoms with van der Waals surface area (Å²) >= 11 is 0. The van der Waals surface area contributed by atoms with Crippen molar-refractivity contribution in [1.29, 1.82) is 0 Å². The first-order valence-electron chi connectivity index (χ1n) is 10.2. The Hall–Kier alpha value is -2.48.